The standard InChI is InChI=1S/C18H41NO5P2/c1-8-11-25-14-17(20-4,21-5)16(19,13-24-10-3)18(22-6,23-7)15-26-12-9-2/h25-26H,8-15,19H2,1-7H3. The van der Waals surface area contributed by atoms with Gasteiger partial charge in [-0.15, -0.1) is 17.2 Å². The summed E-state index contributed by atoms with van der Waals surface area (Å²) in [5, 5.41) is 0. The SMILES string of the molecule is CCCPCC(OC)(OC)C(N)(COCC)C(CPCCC)(OC)OC. The maximum absolute atomic E-state index is 7.03. The van der Waals surface area contributed by atoms with E-state index in [-0.39, 0.29) is 6.61 Å². The average molecular weight is 413 g/mol. The smallest absolute Gasteiger partial charge is 0.197 e. The molecule has 2 N–H and O–H groups in total. The summed E-state index contributed by atoms with van der Waals surface area (Å²) in [7, 11) is 7.88. The minimum atomic E-state index is -1.12. The molecule has 0 heterocycles. The second-order valence-electron chi connectivity index (χ2n) is 6.28. The highest BCUT2D eigenvalue weighted by molar-refractivity contribution is 7.38. The van der Waals surface area contributed by atoms with Gasteiger partial charge >= 0.3 is 0 Å². The van der Waals surface area contributed by atoms with E-state index in [1.165, 1.54) is 0 Å². The Morgan fingerprint density at radius 1 is 0.731 bits per heavy atom. The third-order valence-corrected chi connectivity index (χ3v) is 7.92. The molecule has 6 nitrogen and oxygen atoms in total. The lowest BCUT2D eigenvalue weighted by molar-refractivity contribution is -0.334. The van der Waals surface area contributed by atoms with Gasteiger partial charge in [-0.05, 0) is 19.2 Å². The van der Waals surface area contributed by atoms with Gasteiger partial charge in [-0.2, -0.15) is 0 Å². The molecule has 0 rings (SSSR count). The molecule has 26 heavy (non-hydrogen) atoms. The van der Waals surface area contributed by atoms with Gasteiger partial charge in [-0.25, -0.2) is 0 Å². The lowest BCUT2D eigenvalue weighted by atomic mass is 9.82. The molecule has 0 aliphatic rings. The number of ether oxygens (including phenoxy) is 5. The van der Waals surface area contributed by atoms with Crippen LogP contribution in [0, 0.1) is 0 Å². The van der Waals surface area contributed by atoms with Crippen LogP contribution in [0.4, 0.5) is 0 Å². The highest BCUT2D eigenvalue weighted by atomic mass is 31.1. The molecule has 0 aromatic heterocycles. The summed E-state index contributed by atoms with van der Waals surface area (Å²) in [5.41, 5.74) is 5.91. The zero-order chi connectivity index (χ0) is 20.1. The molecule has 0 spiro atoms. The first-order chi connectivity index (χ1) is 12.4. The highest BCUT2D eigenvalue weighted by Gasteiger charge is 2.64. The minimum absolute atomic E-state index is 0.222. The van der Waals surface area contributed by atoms with Crippen molar-refractivity contribution in [2.24, 2.45) is 5.73 Å². The predicted octanol–water partition coefficient (Wildman–Crippen LogP) is 2.88. The quantitative estimate of drug-likeness (QED) is 0.225. The van der Waals surface area contributed by atoms with Crippen molar-refractivity contribution < 1.29 is 23.7 Å². The summed E-state index contributed by atoms with van der Waals surface area (Å²) in [6, 6.07) is 0. The van der Waals surface area contributed by atoms with Crippen LogP contribution in [0.1, 0.15) is 33.6 Å². The minimum Gasteiger partial charge on any atom is -0.379 e. The van der Waals surface area contributed by atoms with Crippen LogP contribution in [0.5, 0.6) is 0 Å². The Hall–Kier alpha value is 0.620. The predicted molar refractivity (Wildman–Crippen MR) is 114 cm³/mol. The average Bonchev–Trinajstić information content (AvgIpc) is 2.67. The molecule has 0 aromatic carbocycles. The normalized spacial score (nSPS) is 16.2. The van der Waals surface area contributed by atoms with Crippen molar-refractivity contribution in [2.75, 3.05) is 66.3 Å². The Bertz CT molecular complexity index is 326. The van der Waals surface area contributed by atoms with E-state index in [0.717, 1.165) is 25.2 Å². The van der Waals surface area contributed by atoms with Crippen LogP contribution < -0.4 is 5.73 Å². The van der Waals surface area contributed by atoms with Crippen LogP contribution in [0.3, 0.4) is 0 Å². The first kappa shape index (κ1) is 26.6. The van der Waals surface area contributed by atoms with Crippen molar-refractivity contribution in [1.29, 1.82) is 0 Å². The number of rotatable bonds is 17. The molecular weight excluding hydrogens is 372 g/mol. The molecule has 2 atom stereocenters. The Balaban J connectivity index is 6.02. The summed E-state index contributed by atoms with van der Waals surface area (Å²) < 4.78 is 29.5. The van der Waals surface area contributed by atoms with Crippen molar-refractivity contribution in [3.8, 4) is 0 Å². The summed E-state index contributed by atoms with van der Waals surface area (Å²) in [6.45, 7) is 7.05. The molecule has 0 saturated heterocycles. The number of methoxy groups -OCH3 is 4. The Labute approximate surface area is 164 Å². The molecule has 0 aromatic rings. The van der Waals surface area contributed by atoms with Gasteiger partial charge in [-0.3, -0.25) is 0 Å². The summed E-state index contributed by atoms with van der Waals surface area (Å²) in [6.07, 6.45) is 5.77. The summed E-state index contributed by atoms with van der Waals surface area (Å²) in [5.74, 6) is -2.11. The zero-order valence-electron chi connectivity index (χ0n) is 17.8. The van der Waals surface area contributed by atoms with Crippen molar-refractivity contribution in [3.05, 3.63) is 0 Å². The Morgan fingerprint density at radius 2 is 1.12 bits per heavy atom. The first-order valence-electron chi connectivity index (χ1n) is 9.41. The number of nitrogens with two attached hydrogens (primary N) is 1. The van der Waals surface area contributed by atoms with Gasteiger partial charge in [0, 0.05) is 47.4 Å². The van der Waals surface area contributed by atoms with Crippen LogP contribution in [-0.4, -0.2) is 83.4 Å². The summed E-state index contributed by atoms with van der Waals surface area (Å²) in [4.78, 5) is 0. The van der Waals surface area contributed by atoms with E-state index in [9.17, 15) is 0 Å². The molecule has 0 amide bonds. The van der Waals surface area contributed by atoms with E-state index >= 15 is 0 Å². The molecule has 158 valence electrons. The molecule has 8 heteroatoms. The Kier molecular flexibility index (Phi) is 14.1. The third kappa shape index (κ3) is 6.06. The van der Waals surface area contributed by atoms with E-state index in [1.807, 2.05) is 6.92 Å². The molecule has 2 unspecified atom stereocenters. The second-order valence-corrected chi connectivity index (χ2v) is 8.99. The van der Waals surface area contributed by atoms with Crippen LogP contribution in [0.2, 0.25) is 0 Å². The summed E-state index contributed by atoms with van der Waals surface area (Å²) >= 11 is 0. The molecule has 0 aliphatic heterocycles. The van der Waals surface area contributed by atoms with Crippen molar-refractivity contribution in [1.82, 2.24) is 0 Å². The lowest BCUT2D eigenvalue weighted by Gasteiger charge is -2.54. The van der Waals surface area contributed by atoms with Crippen molar-refractivity contribution >= 4 is 17.2 Å². The lowest BCUT2D eigenvalue weighted by Crippen LogP contribution is -2.79. The fourth-order valence-electron chi connectivity index (χ4n) is 3.13. The highest BCUT2D eigenvalue weighted by Crippen LogP contribution is 2.43. The second kappa shape index (κ2) is 13.7. The fraction of sp³-hybridized carbons (Fsp3) is 1.00. The number of hydrogen-bond donors (Lipinski definition) is 1. The van der Waals surface area contributed by atoms with Crippen molar-refractivity contribution in [3.63, 3.8) is 0 Å². The van der Waals surface area contributed by atoms with Gasteiger partial charge in [0.2, 0.25) is 0 Å². The maximum Gasteiger partial charge on any atom is 0.197 e. The molecule has 0 saturated carbocycles. The van der Waals surface area contributed by atoms with Gasteiger partial charge < -0.3 is 29.4 Å². The monoisotopic (exact) mass is 413 g/mol. The molecule has 0 fully saturated rings. The van der Waals surface area contributed by atoms with E-state index < -0.39 is 17.1 Å². The van der Waals surface area contributed by atoms with E-state index in [4.69, 9.17) is 29.4 Å². The van der Waals surface area contributed by atoms with Gasteiger partial charge in [0.1, 0.15) is 5.54 Å². The molecular formula is C18H41NO5P2. The Morgan fingerprint density at radius 3 is 1.38 bits per heavy atom. The molecule has 0 radical (unpaired) electrons. The van der Waals surface area contributed by atoms with Gasteiger partial charge in [0.25, 0.3) is 0 Å². The van der Waals surface area contributed by atoms with E-state index in [0.29, 0.717) is 36.1 Å². The number of hydrogen-bond acceptors (Lipinski definition) is 6. The van der Waals surface area contributed by atoms with E-state index in [2.05, 4.69) is 13.8 Å². The first-order valence-corrected chi connectivity index (χ1v) is 12.2. The van der Waals surface area contributed by atoms with Crippen LogP contribution in [0.15, 0.2) is 0 Å². The zero-order valence-corrected chi connectivity index (χ0v) is 19.8. The third-order valence-electron chi connectivity index (χ3n) is 4.78. The van der Waals surface area contributed by atoms with Crippen LogP contribution in [-0.2, 0) is 23.7 Å². The molecule has 0 bridgehead atoms. The van der Waals surface area contributed by atoms with Gasteiger partial charge in [0.05, 0.1) is 6.61 Å². The van der Waals surface area contributed by atoms with Gasteiger partial charge in [-0.1, -0.05) is 26.7 Å². The molecule has 0 aliphatic carbocycles. The van der Waals surface area contributed by atoms with E-state index in [1.54, 1.807) is 28.4 Å². The van der Waals surface area contributed by atoms with Crippen LogP contribution in [0.25, 0.3) is 0 Å². The fourth-order valence-corrected chi connectivity index (χ4v) is 6.06. The van der Waals surface area contributed by atoms with Gasteiger partial charge in [0.15, 0.2) is 11.6 Å². The topological polar surface area (TPSA) is 72.2 Å². The maximum atomic E-state index is 7.03. The van der Waals surface area contributed by atoms with Crippen molar-refractivity contribution in [2.45, 2.75) is 50.7 Å². The largest absolute Gasteiger partial charge is 0.379 e. The van der Waals surface area contributed by atoms with Crippen LogP contribution >= 0.6 is 17.2 Å².